The van der Waals surface area contributed by atoms with E-state index in [0.29, 0.717) is 5.96 Å². The molecule has 0 amide bonds. The van der Waals surface area contributed by atoms with Gasteiger partial charge in [-0.1, -0.05) is 38.3 Å². The first-order valence-electron chi connectivity index (χ1n) is 9.05. The first-order chi connectivity index (χ1) is 11.2. The van der Waals surface area contributed by atoms with Gasteiger partial charge in [-0.25, -0.2) is 0 Å². The zero-order chi connectivity index (χ0) is 16.5. The van der Waals surface area contributed by atoms with Crippen molar-refractivity contribution in [1.82, 2.24) is 4.90 Å². The SMILES string of the molecule is CCc1cccc(NC(N)=NCCCN(C)C2CCCCC2)c1. The number of rotatable bonds is 7. The summed E-state index contributed by atoms with van der Waals surface area (Å²) in [5, 5.41) is 3.18. The van der Waals surface area contributed by atoms with Crippen LogP contribution in [0.4, 0.5) is 5.69 Å². The molecule has 0 atom stereocenters. The second-order valence-corrected chi connectivity index (χ2v) is 6.57. The van der Waals surface area contributed by atoms with Gasteiger partial charge in [-0.2, -0.15) is 0 Å². The minimum absolute atomic E-state index is 0.513. The van der Waals surface area contributed by atoms with Crippen molar-refractivity contribution in [2.75, 3.05) is 25.5 Å². The van der Waals surface area contributed by atoms with Gasteiger partial charge in [0.1, 0.15) is 0 Å². The summed E-state index contributed by atoms with van der Waals surface area (Å²) in [4.78, 5) is 6.95. The molecule has 0 aliphatic heterocycles. The lowest BCUT2D eigenvalue weighted by molar-refractivity contribution is 0.191. The summed E-state index contributed by atoms with van der Waals surface area (Å²) < 4.78 is 0. The highest BCUT2D eigenvalue weighted by Crippen LogP contribution is 2.21. The third-order valence-corrected chi connectivity index (χ3v) is 4.76. The second kappa shape index (κ2) is 9.56. The van der Waals surface area contributed by atoms with Crippen LogP contribution in [0.2, 0.25) is 0 Å². The summed E-state index contributed by atoms with van der Waals surface area (Å²) in [6, 6.07) is 9.10. The molecule has 1 aliphatic rings. The molecule has 0 bridgehead atoms. The van der Waals surface area contributed by atoms with Gasteiger partial charge in [0.05, 0.1) is 0 Å². The number of benzene rings is 1. The molecule has 1 aromatic rings. The molecule has 0 spiro atoms. The number of nitrogens with one attached hydrogen (secondary N) is 1. The van der Waals surface area contributed by atoms with Crippen LogP contribution >= 0.6 is 0 Å². The van der Waals surface area contributed by atoms with Crippen LogP contribution in [0.15, 0.2) is 29.3 Å². The van der Waals surface area contributed by atoms with Crippen LogP contribution < -0.4 is 11.1 Å². The van der Waals surface area contributed by atoms with Gasteiger partial charge in [-0.3, -0.25) is 4.99 Å². The van der Waals surface area contributed by atoms with E-state index in [-0.39, 0.29) is 0 Å². The number of hydrogen-bond donors (Lipinski definition) is 2. The zero-order valence-corrected chi connectivity index (χ0v) is 14.7. The van der Waals surface area contributed by atoms with Crippen molar-refractivity contribution in [3.05, 3.63) is 29.8 Å². The molecule has 0 radical (unpaired) electrons. The number of anilines is 1. The van der Waals surface area contributed by atoms with Crippen molar-refractivity contribution in [3.63, 3.8) is 0 Å². The smallest absolute Gasteiger partial charge is 0.193 e. The number of hydrogen-bond acceptors (Lipinski definition) is 2. The molecule has 0 saturated heterocycles. The van der Waals surface area contributed by atoms with Crippen molar-refractivity contribution in [2.24, 2.45) is 10.7 Å². The van der Waals surface area contributed by atoms with Crippen molar-refractivity contribution < 1.29 is 0 Å². The number of nitrogens with two attached hydrogens (primary N) is 1. The Morgan fingerprint density at radius 1 is 1.30 bits per heavy atom. The van der Waals surface area contributed by atoms with Crippen molar-refractivity contribution >= 4 is 11.6 Å². The molecule has 1 fully saturated rings. The van der Waals surface area contributed by atoms with Gasteiger partial charge in [0, 0.05) is 18.3 Å². The van der Waals surface area contributed by atoms with Crippen molar-refractivity contribution in [3.8, 4) is 0 Å². The van der Waals surface area contributed by atoms with Gasteiger partial charge in [0.15, 0.2) is 5.96 Å². The van der Waals surface area contributed by atoms with E-state index in [4.69, 9.17) is 5.73 Å². The lowest BCUT2D eigenvalue weighted by atomic mass is 9.94. The Labute approximate surface area is 141 Å². The average molecular weight is 316 g/mol. The fourth-order valence-electron chi connectivity index (χ4n) is 3.28. The summed E-state index contributed by atoms with van der Waals surface area (Å²) in [5.74, 6) is 0.513. The molecule has 23 heavy (non-hydrogen) atoms. The maximum Gasteiger partial charge on any atom is 0.193 e. The fourth-order valence-corrected chi connectivity index (χ4v) is 3.28. The van der Waals surface area contributed by atoms with E-state index in [1.165, 1.54) is 37.7 Å². The largest absolute Gasteiger partial charge is 0.370 e. The number of aryl methyl sites for hydroxylation is 1. The molecule has 0 aromatic heterocycles. The molecule has 1 aliphatic carbocycles. The van der Waals surface area contributed by atoms with E-state index in [0.717, 1.165) is 37.7 Å². The third kappa shape index (κ3) is 6.22. The molecule has 0 unspecified atom stereocenters. The Morgan fingerprint density at radius 3 is 2.83 bits per heavy atom. The Hall–Kier alpha value is -1.55. The maximum absolute atomic E-state index is 5.98. The Morgan fingerprint density at radius 2 is 2.09 bits per heavy atom. The molecule has 1 aromatic carbocycles. The number of aliphatic imine (C=N–C) groups is 1. The predicted octanol–water partition coefficient (Wildman–Crippen LogP) is 3.63. The minimum atomic E-state index is 0.513. The lowest BCUT2D eigenvalue weighted by Gasteiger charge is -2.30. The van der Waals surface area contributed by atoms with E-state index in [1.807, 2.05) is 12.1 Å². The Balaban J connectivity index is 1.69. The molecule has 128 valence electrons. The second-order valence-electron chi connectivity index (χ2n) is 6.57. The summed E-state index contributed by atoms with van der Waals surface area (Å²) in [6.07, 6.45) is 9.00. The van der Waals surface area contributed by atoms with Crippen molar-refractivity contribution in [1.29, 1.82) is 0 Å². The van der Waals surface area contributed by atoms with Crippen molar-refractivity contribution in [2.45, 2.75) is 57.9 Å². The van der Waals surface area contributed by atoms with Crippen LogP contribution in [0.25, 0.3) is 0 Å². The van der Waals surface area contributed by atoms with Crippen LogP contribution in [0.1, 0.15) is 51.0 Å². The van der Waals surface area contributed by atoms with Gasteiger partial charge in [0.25, 0.3) is 0 Å². The van der Waals surface area contributed by atoms with Crippen LogP contribution in [0.5, 0.6) is 0 Å². The first kappa shape index (κ1) is 17.8. The summed E-state index contributed by atoms with van der Waals surface area (Å²) in [6.45, 7) is 4.04. The van der Waals surface area contributed by atoms with Crippen LogP contribution in [0.3, 0.4) is 0 Å². The molecular weight excluding hydrogens is 284 g/mol. The first-order valence-corrected chi connectivity index (χ1v) is 9.05. The zero-order valence-electron chi connectivity index (χ0n) is 14.7. The molecule has 4 nitrogen and oxygen atoms in total. The predicted molar refractivity (Wildman–Crippen MR) is 100 cm³/mol. The van der Waals surface area contributed by atoms with Crippen LogP contribution in [-0.4, -0.2) is 37.0 Å². The molecule has 2 rings (SSSR count). The minimum Gasteiger partial charge on any atom is -0.370 e. The lowest BCUT2D eigenvalue weighted by Crippen LogP contribution is -2.34. The van der Waals surface area contributed by atoms with E-state index in [2.05, 4.69) is 41.3 Å². The highest BCUT2D eigenvalue weighted by molar-refractivity contribution is 5.92. The molecular formula is C19H32N4. The standard InChI is InChI=1S/C19H32N4/c1-3-16-9-7-10-17(15-16)22-19(20)21-13-8-14-23(2)18-11-5-4-6-12-18/h7,9-10,15,18H,3-6,8,11-14H2,1-2H3,(H3,20,21,22). The number of guanidine groups is 1. The van der Waals surface area contributed by atoms with Gasteiger partial charge in [-0.15, -0.1) is 0 Å². The van der Waals surface area contributed by atoms with E-state index in [9.17, 15) is 0 Å². The maximum atomic E-state index is 5.98. The molecule has 0 heterocycles. The monoisotopic (exact) mass is 316 g/mol. The Bertz CT molecular complexity index is 492. The summed E-state index contributed by atoms with van der Waals surface area (Å²) in [5.41, 5.74) is 8.30. The van der Waals surface area contributed by atoms with Gasteiger partial charge in [-0.05, 0) is 57.0 Å². The van der Waals surface area contributed by atoms with Gasteiger partial charge >= 0.3 is 0 Å². The van der Waals surface area contributed by atoms with E-state index >= 15 is 0 Å². The van der Waals surface area contributed by atoms with E-state index in [1.54, 1.807) is 0 Å². The highest BCUT2D eigenvalue weighted by Gasteiger charge is 2.17. The van der Waals surface area contributed by atoms with Crippen LogP contribution in [0, 0.1) is 0 Å². The quantitative estimate of drug-likeness (QED) is 0.459. The van der Waals surface area contributed by atoms with Gasteiger partial charge < -0.3 is 16.0 Å². The molecule has 1 saturated carbocycles. The van der Waals surface area contributed by atoms with Crippen LogP contribution in [-0.2, 0) is 6.42 Å². The van der Waals surface area contributed by atoms with Gasteiger partial charge in [0.2, 0.25) is 0 Å². The third-order valence-electron chi connectivity index (χ3n) is 4.76. The topological polar surface area (TPSA) is 53.6 Å². The average Bonchev–Trinajstić information content (AvgIpc) is 2.59. The highest BCUT2D eigenvalue weighted by atomic mass is 15.1. The molecule has 4 heteroatoms. The summed E-state index contributed by atoms with van der Waals surface area (Å²) >= 11 is 0. The molecule has 3 N–H and O–H groups in total. The van der Waals surface area contributed by atoms with E-state index < -0.39 is 0 Å². The fraction of sp³-hybridized carbons (Fsp3) is 0.632. The number of nitrogens with zero attached hydrogens (tertiary/aromatic N) is 2. The summed E-state index contributed by atoms with van der Waals surface area (Å²) in [7, 11) is 2.25. The Kier molecular flexibility index (Phi) is 7.40. The normalized spacial score (nSPS) is 16.7.